The van der Waals surface area contributed by atoms with E-state index in [0.29, 0.717) is 11.6 Å². The Labute approximate surface area is 95.2 Å². The molecule has 2 N–H and O–H groups in total. The average Bonchev–Trinajstić information content (AvgIpc) is 2.75. The highest BCUT2D eigenvalue weighted by molar-refractivity contribution is 5.92. The van der Waals surface area contributed by atoms with Crippen LogP contribution >= 0.6 is 0 Å². The molecule has 0 aromatic carbocycles. The first-order valence-corrected chi connectivity index (χ1v) is 5.69. The molecule has 0 atom stereocenters. The fourth-order valence-corrected chi connectivity index (χ4v) is 2.06. The number of carbonyl (C=O) groups excluding carboxylic acids is 1. The predicted molar refractivity (Wildman–Crippen MR) is 60.9 cm³/mol. The van der Waals surface area contributed by atoms with Crippen molar-refractivity contribution in [3.63, 3.8) is 0 Å². The smallest absolute Gasteiger partial charge is 0.274 e. The Kier molecular flexibility index (Phi) is 3.24. The van der Waals surface area contributed by atoms with Gasteiger partial charge in [-0.05, 0) is 31.4 Å². The number of piperidine rings is 1. The molecule has 1 saturated heterocycles. The van der Waals surface area contributed by atoms with Crippen LogP contribution in [0.25, 0.3) is 0 Å². The van der Waals surface area contributed by atoms with Crippen molar-refractivity contribution in [2.45, 2.75) is 12.8 Å². The van der Waals surface area contributed by atoms with Crippen LogP contribution in [-0.2, 0) is 7.05 Å². The van der Waals surface area contributed by atoms with Gasteiger partial charge < -0.3 is 10.6 Å². The average molecular weight is 222 g/mol. The first-order valence-electron chi connectivity index (χ1n) is 5.69. The number of nitrogens with zero attached hydrogens (tertiary/aromatic N) is 3. The Balaban J connectivity index is 1.96. The lowest BCUT2D eigenvalue weighted by Gasteiger charge is -2.30. The predicted octanol–water partition coefficient (Wildman–Crippen LogP) is 0.231. The standard InChI is InChI=1S/C11H18N4O/c1-14-5-4-10(13-14)11(16)15-6-2-9(8-12)3-7-15/h4-5,9H,2-3,6-8,12H2,1H3. The van der Waals surface area contributed by atoms with Crippen molar-refractivity contribution >= 4 is 5.91 Å². The molecule has 1 aliphatic heterocycles. The van der Waals surface area contributed by atoms with Crippen LogP contribution in [0.3, 0.4) is 0 Å². The van der Waals surface area contributed by atoms with Crippen molar-refractivity contribution in [2.24, 2.45) is 18.7 Å². The molecule has 88 valence electrons. The number of hydrogen-bond donors (Lipinski definition) is 1. The van der Waals surface area contributed by atoms with Gasteiger partial charge in [0.15, 0.2) is 0 Å². The summed E-state index contributed by atoms with van der Waals surface area (Å²) in [5.41, 5.74) is 6.16. The van der Waals surface area contributed by atoms with Gasteiger partial charge in [-0.2, -0.15) is 5.10 Å². The van der Waals surface area contributed by atoms with Crippen molar-refractivity contribution < 1.29 is 4.79 Å². The van der Waals surface area contributed by atoms with E-state index in [1.165, 1.54) is 0 Å². The lowest BCUT2D eigenvalue weighted by Crippen LogP contribution is -2.40. The van der Waals surface area contributed by atoms with Crippen LogP contribution in [0.5, 0.6) is 0 Å². The van der Waals surface area contributed by atoms with Crippen molar-refractivity contribution in [1.29, 1.82) is 0 Å². The van der Waals surface area contributed by atoms with E-state index in [9.17, 15) is 4.79 Å². The summed E-state index contributed by atoms with van der Waals surface area (Å²) < 4.78 is 1.65. The third-order valence-electron chi connectivity index (χ3n) is 3.17. The molecule has 1 aromatic rings. The fourth-order valence-electron chi connectivity index (χ4n) is 2.06. The fraction of sp³-hybridized carbons (Fsp3) is 0.636. The van der Waals surface area contributed by atoms with E-state index >= 15 is 0 Å². The minimum absolute atomic E-state index is 0.0380. The number of aromatic nitrogens is 2. The molecule has 5 nitrogen and oxygen atoms in total. The van der Waals surface area contributed by atoms with Gasteiger partial charge in [0.2, 0.25) is 0 Å². The second kappa shape index (κ2) is 4.65. The molecule has 2 heterocycles. The van der Waals surface area contributed by atoms with Crippen LogP contribution in [0.15, 0.2) is 12.3 Å². The number of rotatable bonds is 2. The van der Waals surface area contributed by atoms with Crippen molar-refractivity contribution in [2.75, 3.05) is 19.6 Å². The highest BCUT2D eigenvalue weighted by atomic mass is 16.2. The maximum Gasteiger partial charge on any atom is 0.274 e. The molecule has 1 aromatic heterocycles. The van der Waals surface area contributed by atoms with E-state index < -0.39 is 0 Å². The molecular formula is C11H18N4O. The minimum atomic E-state index is 0.0380. The summed E-state index contributed by atoms with van der Waals surface area (Å²) in [6, 6.07) is 1.76. The Morgan fingerprint density at radius 1 is 1.56 bits per heavy atom. The summed E-state index contributed by atoms with van der Waals surface area (Å²) in [5.74, 6) is 0.615. The molecule has 0 unspecified atom stereocenters. The second-order valence-electron chi connectivity index (χ2n) is 4.35. The summed E-state index contributed by atoms with van der Waals surface area (Å²) in [5, 5.41) is 4.13. The molecular weight excluding hydrogens is 204 g/mol. The Morgan fingerprint density at radius 3 is 2.75 bits per heavy atom. The highest BCUT2D eigenvalue weighted by Crippen LogP contribution is 2.17. The van der Waals surface area contributed by atoms with Gasteiger partial charge in [0.1, 0.15) is 5.69 Å². The maximum absolute atomic E-state index is 12.0. The molecule has 1 amide bonds. The van der Waals surface area contributed by atoms with Crippen molar-refractivity contribution in [3.05, 3.63) is 18.0 Å². The SMILES string of the molecule is Cn1ccc(C(=O)N2CCC(CN)CC2)n1. The van der Waals surface area contributed by atoms with Crippen LogP contribution in [0, 0.1) is 5.92 Å². The Morgan fingerprint density at radius 2 is 2.25 bits per heavy atom. The molecule has 5 heteroatoms. The zero-order valence-corrected chi connectivity index (χ0v) is 9.59. The van der Waals surface area contributed by atoms with Crippen LogP contribution in [-0.4, -0.2) is 40.2 Å². The maximum atomic E-state index is 12.0. The molecule has 1 aliphatic rings. The van der Waals surface area contributed by atoms with E-state index in [0.717, 1.165) is 32.5 Å². The quantitative estimate of drug-likeness (QED) is 0.779. The number of nitrogens with two attached hydrogens (primary N) is 1. The van der Waals surface area contributed by atoms with Gasteiger partial charge in [0.05, 0.1) is 0 Å². The summed E-state index contributed by atoms with van der Waals surface area (Å²) in [6.45, 7) is 2.33. The zero-order chi connectivity index (χ0) is 11.5. The number of likely N-dealkylation sites (tertiary alicyclic amines) is 1. The molecule has 2 rings (SSSR count). The van der Waals surface area contributed by atoms with Crippen molar-refractivity contribution in [1.82, 2.24) is 14.7 Å². The lowest BCUT2D eigenvalue weighted by molar-refractivity contribution is 0.0686. The normalized spacial score (nSPS) is 17.8. The lowest BCUT2D eigenvalue weighted by atomic mass is 9.97. The number of hydrogen-bond acceptors (Lipinski definition) is 3. The third kappa shape index (κ3) is 2.24. The van der Waals surface area contributed by atoms with Gasteiger partial charge >= 0.3 is 0 Å². The van der Waals surface area contributed by atoms with Gasteiger partial charge in [-0.15, -0.1) is 0 Å². The van der Waals surface area contributed by atoms with E-state index in [2.05, 4.69) is 5.10 Å². The molecule has 16 heavy (non-hydrogen) atoms. The molecule has 0 bridgehead atoms. The molecule has 0 radical (unpaired) electrons. The van der Waals surface area contributed by atoms with E-state index in [1.807, 2.05) is 11.9 Å². The molecule has 0 saturated carbocycles. The van der Waals surface area contributed by atoms with Gasteiger partial charge in [-0.1, -0.05) is 0 Å². The van der Waals surface area contributed by atoms with E-state index in [-0.39, 0.29) is 5.91 Å². The summed E-state index contributed by atoms with van der Waals surface area (Å²) in [7, 11) is 1.82. The number of aryl methyl sites for hydroxylation is 1. The van der Waals surface area contributed by atoms with Crippen LogP contribution in [0.4, 0.5) is 0 Å². The topological polar surface area (TPSA) is 64.2 Å². The first kappa shape index (κ1) is 11.1. The third-order valence-corrected chi connectivity index (χ3v) is 3.17. The summed E-state index contributed by atoms with van der Waals surface area (Å²) in [4.78, 5) is 13.9. The second-order valence-corrected chi connectivity index (χ2v) is 4.35. The van der Waals surface area contributed by atoms with Gasteiger partial charge in [-0.25, -0.2) is 0 Å². The van der Waals surface area contributed by atoms with Gasteiger partial charge in [0.25, 0.3) is 5.91 Å². The number of amides is 1. The minimum Gasteiger partial charge on any atom is -0.337 e. The van der Waals surface area contributed by atoms with Crippen LogP contribution in [0.1, 0.15) is 23.3 Å². The zero-order valence-electron chi connectivity index (χ0n) is 9.59. The summed E-state index contributed by atoms with van der Waals surface area (Å²) >= 11 is 0. The van der Waals surface area contributed by atoms with Crippen LogP contribution < -0.4 is 5.73 Å². The molecule has 1 fully saturated rings. The monoisotopic (exact) mass is 222 g/mol. The Hall–Kier alpha value is -1.36. The van der Waals surface area contributed by atoms with E-state index in [4.69, 9.17) is 5.73 Å². The largest absolute Gasteiger partial charge is 0.337 e. The van der Waals surface area contributed by atoms with Crippen molar-refractivity contribution in [3.8, 4) is 0 Å². The molecule has 0 spiro atoms. The first-order chi connectivity index (χ1) is 7.70. The van der Waals surface area contributed by atoms with Gasteiger partial charge in [0, 0.05) is 26.3 Å². The van der Waals surface area contributed by atoms with Crippen LogP contribution in [0.2, 0.25) is 0 Å². The summed E-state index contributed by atoms with van der Waals surface area (Å²) in [6.07, 6.45) is 3.81. The van der Waals surface area contributed by atoms with E-state index in [1.54, 1.807) is 16.9 Å². The molecule has 0 aliphatic carbocycles. The number of carbonyl (C=O) groups is 1. The highest BCUT2D eigenvalue weighted by Gasteiger charge is 2.23. The Bertz CT molecular complexity index is 366. The van der Waals surface area contributed by atoms with Gasteiger partial charge in [-0.3, -0.25) is 9.48 Å².